The van der Waals surface area contributed by atoms with Crippen molar-refractivity contribution in [2.75, 3.05) is 5.43 Å². The fourth-order valence-corrected chi connectivity index (χ4v) is 2.31. The largest absolute Gasteiger partial charge is 0.265 e. The SMILES string of the molecule is Brc1ccc(/C=N\Nc2nncn2/N=C\c2ccc(Br)cc2)cc1. The first kappa shape index (κ1) is 16.5. The van der Waals surface area contributed by atoms with Crippen molar-refractivity contribution in [3.63, 3.8) is 0 Å². The third-order valence-corrected chi connectivity index (χ3v) is 4.04. The van der Waals surface area contributed by atoms with E-state index in [0.29, 0.717) is 5.95 Å². The lowest BCUT2D eigenvalue weighted by Gasteiger charge is -1.99. The van der Waals surface area contributed by atoms with E-state index in [9.17, 15) is 0 Å². The molecule has 1 aromatic heterocycles. The van der Waals surface area contributed by atoms with Crippen molar-refractivity contribution in [1.82, 2.24) is 14.9 Å². The van der Waals surface area contributed by atoms with Crippen molar-refractivity contribution in [1.29, 1.82) is 0 Å². The van der Waals surface area contributed by atoms with Crippen LogP contribution in [0.2, 0.25) is 0 Å². The molecule has 0 bridgehead atoms. The highest BCUT2D eigenvalue weighted by Crippen LogP contribution is 2.10. The van der Waals surface area contributed by atoms with Gasteiger partial charge in [0.25, 0.3) is 5.95 Å². The third-order valence-electron chi connectivity index (χ3n) is 2.98. The Morgan fingerprint density at radius 1 is 0.875 bits per heavy atom. The molecular weight excluding hydrogens is 436 g/mol. The molecule has 0 fully saturated rings. The number of aromatic nitrogens is 3. The monoisotopic (exact) mass is 446 g/mol. The van der Waals surface area contributed by atoms with Gasteiger partial charge in [0.05, 0.1) is 12.4 Å². The van der Waals surface area contributed by atoms with E-state index in [4.69, 9.17) is 0 Å². The van der Waals surface area contributed by atoms with Gasteiger partial charge in [-0.2, -0.15) is 14.9 Å². The molecule has 0 saturated carbocycles. The fourth-order valence-electron chi connectivity index (χ4n) is 1.78. The van der Waals surface area contributed by atoms with E-state index in [1.165, 1.54) is 11.0 Å². The number of anilines is 1. The van der Waals surface area contributed by atoms with Gasteiger partial charge in [0.1, 0.15) is 6.33 Å². The minimum atomic E-state index is 0.428. The first-order chi connectivity index (χ1) is 11.7. The van der Waals surface area contributed by atoms with Gasteiger partial charge in [-0.15, -0.1) is 10.2 Å². The molecule has 0 atom stereocenters. The quantitative estimate of drug-likeness (QED) is 0.472. The average molecular weight is 448 g/mol. The van der Waals surface area contributed by atoms with Gasteiger partial charge >= 0.3 is 0 Å². The maximum absolute atomic E-state index is 4.31. The van der Waals surface area contributed by atoms with E-state index in [2.05, 4.69) is 57.7 Å². The Bertz CT molecular complexity index is 853. The van der Waals surface area contributed by atoms with Crippen LogP contribution in [0.4, 0.5) is 5.95 Å². The number of hydrogen-bond donors (Lipinski definition) is 1. The second-order valence-corrected chi connectivity index (χ2v) is 6.55. The van der Waals surface area contributed by atoms with Gasteiger partial charge in [-0.05, 0) is 35.4 Å². The molecule has 0 saturated heterocycles. The minimum absolute atomic E-state index is 0.428. The van der Waals surface area contributed by atoms with Gasteiger partial charge in [0.2, 0.25) is 0 Å². The summed E-state index contributed by atoms with van der Waals surface area (Å²) >= 11 is 6.80. The van der Waals surface area contributed by atoms with Gasteiger partial charge in [-0.3, -0.25) is 0 Å². The minimum Gasteiger partial charge on any atom is -0.244 e. The summed E-state index contributed by atoms with van der Waals surface area (Å²) in [7, 11) is 0. The number of halogens is 2. The van der Waals surface area contributed by atoms with Crippen LogP contribution in [0.25, 0.3) is 0 Å². The van der Waals surface area contributed by atoms with Gasteiger partial charge < -0.3 is 0 Å². The van der Waals surface area contributed by atoms with Gasteiger partial charge in [0, 0.05) is 8.95 Å². The van der Waals surface area contributed by atoms with Gasteiger partial charge in [-0.25, -0.2) is 5.43 Å². The number of nitrogens with zero attached hydrogens (tertiary/aromatic N) is 5. The van der Waals surface area contributed by atoms with E-state index in [0.717, 1.165) is 20.1 Å². The molecule has 3 aromatic rings. The van der Waals surface area contributed by atoms with Crippen LogP contribution >= 0.6 is 31.9 Å². The van der Waals surface area contributed by atoms with Crippen LogP contribution in [0.1, 0.15) is 11.1 Å². The lowest BCUT2D eigenvalue weighted by atomic mass is 10.2. The molecule has 24 heavy (non-hydrogen) atoms. The zero-order valence-electron chi connectivity index (χ0n) is 12.3. The van der Waals surface area contributed by atoms with Crippen LogP contribution in [0, 0.1) is 0 Å². The molecule has 0 aliphatic carbocycles. The molecule has 0 aliphatic heterocycles. The summed E-state index contributed by atoms with van der Waals surface area (Å²) in [5.74, 6) is 0.428. The van der Waals surface area contributed by atoms with Crippen LogP contribution < -0.4 is 5.43 Å². The predicted octanol–water partition coefficient (Wildman–Crippen LogP) is 4.13. The first-order valence-corrected chi connectivity index (χ1v) is 8.54. The molecule has 0 amide bonds. The zero-order chi connectivity index (χ0) is 16.8. The number of rotatable bonds is 5. The maximum Gasteiger partial charge on any atom is 0.265 e. The second kappa shape index (κ2) is 7.98. The summed E-state index contributed by atoms with van der Waals surface area (Å²) in [6.07, 6.45) is 4.93. The maximum atomic E-state index is 4.31. The molecule has 1 N–H and O–H groups in total. The Hall–Kier alpha value is -2.32. The summed E-state index contributed by atoms with van der Waals surface area (Å²) in [6.45, 7) is 0. The molecule has 8 heteroatoms. The Kier molecular flexibility index (Phi) is 5.50. The highest BCUT2D eigenvalue weighted by Gasteiger charge is 2.00. The fraction of sp³-hybridized carbons (Fsp3) is 0. The summed E-state index contributed by atoms with van der Waals surface area (Å²) in [5, 5.41) is 16.2. The third kappa shape index (κ3) is 4.59. The number of hydrazone groups is 1. The summed E-state index contributed by atoms with van der Waals surface area (Å²) in [6, 6.07) is 15.6. The molecule has 0 unspecified atom stereocenters. The molecular formula is C16H12Br2N6. The average Bonchev–Trinajstić information content (AvgIpc) is 3.04. The lowest BCUT2D eigenvalue weighted by Crippen LogP contribution is -1.99. The van der Waals surface area contributed by atoms with Crippen LogP contribution in [0.3, 0.4) is 0 Å². The van der Waals surface area contributed by atoms with E-state index in [1.807, 2.05) is 48.5 Å². The Balaban J connectivity index is 1.66. The van der Waals surface area contributed by atoms with Gasteiger partial charge in [0.15, 0.2) is 0 Å². The Morgan fingerprint density at radius 3 is 2.08 bits per heavy atom. The molecule has 0 aliphatic rings. The van der Waals surface area contributed by atoms with E-state index in [1.54, 1.807) is 12.4 Å². The number of benzene rings is 2. The van der Waals surface area contributed by atoms with Crippen molar-refractivity contribution in [2.45, 2.75) is 0 Å². The molecule has 3 rings (SSSR count). The molecule has 120 valence electrons. The summed E-state index contributed by atoms with van der Waals surface area (Å²) in [5.41, 5.74) is 4.76. The van der Waals surface area contributed by atoms with Crippen LogP contribution in [-0.4, -0.2) is 27.3 Å². The Labute approximate surface area is 155 Å². The topological polar surface area (TPSA) is 67.5 Å². The normalized spacial score (nSPS) is 11.4. The Morgan fingerprint density at radius 2 is 1.46 bits per heavy atom. The summed E-state index contributed by atoms with van der Waals surface area (Å²) in [4.78, 5) is 0. The standard InChI is InChI=1S/C16H12Br2N6/c17-14-5-1-12(2-6-14)9-19-22-16-23-20-11-24(16)21-10-13-3-7-15(18)8-4-13/h1-11H,(H,22,23)/b19-9-,21-10-. The molecule has 1 heterocycles. The number of hydrogen-bond acceptors (Lipinski definition) is 5. The lowest BCUT2D eigenvalue weighted by molar-refractivity contribution is 0.879. The van der Waals surface area contributed by atoms with Crippen molar-refractivity contribution >= 4 is 50.2 Å². The van der Waals surface area contributed by atoms with Crippen LogP contribution in [0.15, 0.2) is 74.0 Å². The zero-order valence-corrected chi connectivity index (χ0v) is 15.5. The predicted molar refractivity (Wildman–Crippen MR) is 103 cm³/mol. The van der Waals surface area contributed by atoms with E-state index < -0.39 is 0 Å². The van der Waals surface area contributed by atoms with Crippen molar-refractivity contribution < 1.29 is 0 Å². The molecule has 6 nitrogen and oxygen atoms in total. The smallest absolute Gasteiger partial charge is 0.244 e. The molecule has 0 radical (unpaired) electrons. The number of nitrogens with one attached hydrogen (secondary N) is 1. The van der Waals surface area contributed by atoms with Crippen molar-refractivity contribution in [3.8, 4) is 0 Å². The van der Waals surface area contributed by atoms with E-state index in [-0.39, 0.29) is 0 Å². The highest BCUT2D eigenvalue weighted by molar-refractivity contribution is 9.10. The van der Waals surface area contributed by atoms with Crippen molar-refractivity contribution in [2.24, 2.45) is 10.2 Å². The van der Waals surface area contributed by atoms with Crippen LogP contribution in [-0.2, 0) is 0 Å². The second-order valence-electron chi connectivity index (χ2n) is 4.72. The summed E-state index contributed by atoms with van der Waals surface area (Å²) < 4.78 is 3.56. The van der Waals surface area contributed by atoms with Crippen molar-refractivity contribution in [3.05, 3.63) is 74.9 Å². The van der Waals surface area contributed by atoms with Crippen LogP contribution in [0.5, 0.6) is 0 Å². The molecule has 2 aromatic carbocycles. The van der Waals surface area contributed by atoms with Gasteiger partial charge in [-0.1, -0.05) is 56.1 Å². The van der Waals surface area contributed by atoms with E-state index >= 15 is 0 Å². The highest BCUT2D eigenvalue weighted by atomic mass is 79.9. The molecule has 0 spiro atoms. The first-order valence-electron chi connectivity index (χ1n) is 6.95.